The second-order valence-electron chi connectivity index (χ2n) is 6.70. The van der Waals surface area contributed by atoms with Crippen molar-refractivity contribution in [3.63, 3.8) is 0 Å². The third kappa shape index (κ3) is 5.32. The Labute approximate surface area is 174 Å². The highest BCUT2D eigenvalue weighted by Gasteiger charge is 2.15. The lowest BCUT2D eigenvalue weighted by Crippen LogP contribution is -2.18. The van der Waals surface area contributed by atoms with Crippen LogP contribution in [0.4, 0.5) is 23.1 Å². The molecule has 2 aromatic carbocycles. The average molecular weight is 404 g/mol. The van der Waals surface area contributed by atoms with Gasteiger partial charge < -0.3 is 21.7 Å². The number of anilines is 4. The Morgan fingerprint density at radius 1 is 1.07 bits per heavy atom. The Morgan fingerprint density at radius 2 is 1.80 bits per heavy atom. The van der Waals surface area contributed by atoms with Crippen LogP contribution >= 0.6 is 0 Å². The number of aromatic nitrogens is 2. The summed E-state index contributed by atoms with van der Waals surface area (Å²) in [6, 6.07) is 16.9. The number of nitrogens with zero attached hydrogens (tertiary/aromatic N) is 2. The number of hydrogen-bond acceptors (Lipinski definition) is 6. The third-order valence-electron chi connectivity index (χ3n) is 4.43. The molecule has 1 heterocycles. The molecule has 1 unspecified atom stereocenters. The Balaban J connectivity index is 1.83. The molecule has 0 fully saturated rings. The van der Waals surface area contributed by atoms with Crippen LogP contribution in [0.1, 0.15) is 42.2 Å². The quantitative estimate of drug-likeness (QED) is 0.452. The van der Waals surface area contributed by atoms with Gasteiger partial charge in [-0.15, -0.1) is 0 Å². The largest absolute Gasteiger partial charge is 0.365 e. The molecule has 3 rings (SSSR count). The van der Waals surface area contributed by atoms with Crippen LogP contribution < -0.4 is 21.7 Å². The van der Waals surface area contributed by atoms with Crippen molar-refractivity contribution < 1.29 is 9.59 Å². The maximum Gasteiger partial charge on any atom is 0.254 e. The van der Waals surface area contributed by atoms with Gasteiger partial charge in [0.15, 0.2) is 0 Å². The molecule has 5 N–H and O–H groups in total. The summed E-state index contributed by atoms with van der Waals surface area (Å²) >= 11 is 0. The van der Waals surface area contributed by atoms with Crippen molar-refractivity contribution in [2.24, 2.45) is 5.73 Å². The molecule has 30 heavy (non-hydrogen) atoms. The van der Waals surface area contributed by atoms with E-state index in [0.29, 0.717) is 29.6 Å². The highest BCUT2D eigenvalue weighted by atomic mass is 16.1. The van der Waals surface area contributed by atoms with E-state index in [1.807, 2.05) is 49.4 Å². The van der Waals surface area contributed by atoms with Crippen molar-refractivity contribution in [2.75, 3.05) is 16.0 Å². The number of nitrogens with one attached hydrogen (secondary N) is 3. The fourth-order valence-electron chi connectivity index (χ4n) is 2.82. The first kappa shape index (κ1) is 20.8. The highest BCUT2D eigenvalue weighted by Crippen LogP contribution is 2.23. The first-order valence-corrected chi connectivity index (χ1v) is 9.61. The average Bonchev–Trinajstić information content (AvgIpc) is 2.74. The van der Waals surface area contributed by atoms with Crippen LogP contribution in [0.3, 0.4) is 0 Å². The van der Waals surface area contributed by atoms with E-state index < -0.39 is 5.91 Å². The molecule has 0 aliphatic carbocycles. The van der Waals surface area contributed by atoms with E-state index >= 15 is 0 Å². The SMILES string of the molecule is CCC(=O)Nc1cccc(Nc2ncc(C(N)=O)c(NC(C)c3ccccc3)n2)c1. The first-order chi connectivity index (χ1) is 14.5. The zero-order valence-electron chi connectivity index (χ0n) is 16.8. The number of carbonyl (C=O) groups is 2. The molecule has 3 aromatic rings. The Kier molecular flexibility index (Phi) is 6.59. The minimum Gasteiger partial charge on any atom is -0.365 e. The van der Waals surface area contributed by atoms with Gasteiger partial charge in [-0.05, 0) is 30.7 Å². The molecule has 0 bridgehead atoms. The summed E-state index contributed by atoms with van der Waals surface area (Å²) in [6.07, 6.45) is 1.78. The van der Waals surface area contributed by atoms with Crippen molar-refractivity contribution in [3.05, 3.63) is 71.9 Å². The van der Waals surface area contributed by atoms with Gasteiger partial charge in [-0.25, -0.2) is 4.98 Å². The summed E-state index contributed by atoms with van der Waals surface area (Å²) in [5.41, 5.74) is 8.09. The molecule has 0 spiro atoms. The molecular formula is C22H24N6O2. The van der Waals surface area contributed by atoms with Gasteiger partial charge in [-0.2, -0.15) is 4.98 Å². The zero-order valence-corrected chi connectivity index (χ0v) is 16.8. The predicted octanol–water partition coefficient (Wildman–Crippen LogP) is 3.84. The minimum absolute atomic E-state index is 0.0735. The van der Waals surface area contributed by atoms with Gasteiger partial charge in [0.1, 0.15) is 5.82 Å². The van der Waals surface area contributed by atoms with Gasteiger partial charge >= 0.3 is 0 Å². The van der Waals surface area contributed by atoms with Gasteiger partial charge in [-0.1, -0.05) is 43.3 Å². The summed E-state index contributed by atoms with van der Waals surface area (Å²) in [5, 5.41) is 9.12. The fraction of sp³-hybridized carbons (Fsp3) is 0.182. The Bertz CT molecular complexity index is 1040. The van der Waals surface area contributed by atoms with Crippen LogP contribution in [0.2, 0.25) is 0 Å². The summed E-state index contributed by atoms with van der Waals surface area (Å²) in [5.74, 6) is -0.0577. The van der Waals surface area contributed by atoms with Crippen molar-refractivity contribution in [1.29, 1.82) is 0 Å². The van der Waals surface area contributed by atoms with Crippen LogP contribution in [0, 0.1) is 0 Å². The number of rotatable bonds is 8. The van der Waals surface area contributed by atoms with Gasteiger partial charge in [0.2, 0.25) is 11.9 Å². The van der Waals surface area contributed by atoms with Crippen LogP contribution in [-0.2, 0) is 4.79 Å². The molecule has 2 amide bonds. The molecular weight excluding hydrogens is 380 g/mol. The summed E-state index contributed by atoms with van der Waals surface area (Å²) < 4.78 is 0. The molecule has 1 aromatic heterocycles. The van der Waals surface area contributed by atoms with Crippen LogP contribution in [0.15, 0.2) is 60.8 Å². The third-order valence-corrected chi connectivity index (χ3v) is 4.43. The van der Waals surface area contributed by atoms with Gasteiger partial charge in [0.05, 0.1) is 5.56 Å². The number of carbonyl (C=O) groups excluding carboxylic acids is 2. The fourth-order valence-corrected chi connectivity index (χ4v) is 2.82. The lowest BCUT2D eigenvalue weighted by Gasteiger charge is -2.17. The zero-order chi connectivity index (χ0) is 21.5. The van der Waals surface area contributed by atoms with E-state index in [2.05, 4.69) is 25.9 Å². The van der Waals surface area contributed by atoms with E-state index in [4.69, 9.17) is 5.73 Å². The second kappa shape index (κ2) is 9.51. The van der Waals surface area contributed by atoms with Gasteiger partial charge in [0, 0.05) is 30.0 Å². The van der Waals surface area contributed by atoms with E-state index in [0.717, 1.165) is 5.56 Å². The predicted molar refractivity (Wildman–Crippen MR) is 118 cm³/mol. The van der Waals surface area contributed by atoms with Gasteiger partial charge in [0.25, 0.3) is 5.91 Å². The van der Waals surface area contributed by atoms with E-state index in [1.54, 1.807) is 19.1 Å². The van der Waals surface area contributed by atoms with Crippen LogP contribution in [0.5, 0.6) is 0 Å². The van der Waals surface area contributed by atoms with Crippen LogP contribution in [-0.4, -0.2) is 21.8 Å². The molecule has 0 aliphatic heterocycles. The molecule has 0 radical (unpaired) electrons. The van der Waals surface area contributed by atoms with Crippen molar-refractivity contribution in [2.45, 2.75) is 26.3 Å². The van der Waals surface area contributed by atoms with Crippen molar-refractivity contribution in [1.82, 2.24) is 9.97 Å². The van der Waals surface area contributed by atoms with E-state index in [1.165, 1.54) is 6.20 Å². The standard InChI is InChI=1S/C22H24N6O2/c1-3-19(29)26-16-10-7-11-17(12-16)27-22-24-13-18(20(23)30)21(28-22)25-14(2)15-8-5-4-6-9-15/h4-14H,3H2,1-2H3,(H2,23,30)(H,26,29)(H2,24,25,27,28). The smallest absolute Gasteiger partial charge is 0.254 e. The molecule has 1 atom stereocenters. The molecule has 154 valence electrons. The molecule has 8 nitrogen and oxygen atoms in total. The van der Waals surface area contributed by atoms with Crippen LogP contribution in [0.25, 0.3) is 0 Å². The minimum atomic E-state index is -0.617. The maximum absolute atomic E-state index is 11.8. The van der Waals surface area contributed by atoms with Gasteiger partial charge in [-0.3, -0.25) is 9.59 Å². The summed E-state index contributed by atoms with van der Waals surface area (Å²) in [4.78, 5) is 32.1. The highest BCUT2D eigenvalue weighted by molar-refractivity contribution is 5.97. The Hall–Kier alpha value is -3.94. The monoisotopic (exact) mass is 404 g/mol. The maximum atomic E-state index is 11.8. The lowest BCUT2D eigenvalue weighted by atomic mass is 10.1. The van der Waals surface area contributed by atoms with Crippen molar-refractivity contribution in [3.8, 4) is 0 Å². The Morgan fingerprint density at radius 3 is 2.50 bits per heavy atom. The number of primary amides is 1. The number of nitrogens with two attached hydrogens (primary N) is 1. The molecule has 0 aliphatic rings. The number of benzene rings is 2. The first-order valence-electron chi connectivity index (χ1n) is 9.61. The van der Waals surface area contributed by atoms with Crippen molar-refractivity contribution >= 4 is 35.0 Å². The summed E-state index contributed by atoms with van der Waals surface area (Å²) in [7, 11) is 0. The lowest BCUT2D eigenvalue weighted by molar-refractivity contribution is -0.115. The normalized spacial score (nSPS) is 11.4. The molecule has 8 heteroatoms. The number of hydrogen-bond donors (Lipinski definition) is 4. The van der Waals surface area contributed by atoms with E-state index in [9.17, 15) is 9.59 Å². The second-order valence-corrected chi connectivity index (χ2v) is 6.70. The number of amides is 2. The molecule has 0 saturated carbocycles. The van der Waals surface area contributed by atoms with E-state index in [-0.39, 0.29) is 17.5 Å². The topological polar surface area (TPSA) is 122 Å². The molecule has 0 saturated heterocycles. The summed E-state index contributed by atoms with van der Waals surface area (Å²) in [6.45, 7) is 3.76.